The molecule has 0 saturated carbocycles. The van der Waals surface area contributed by atoms with Gasteiger partial charge < -0.3 is 21.1 Å². The Labute approximate surface area is 142 Å². The molecule has 2 aromatic rings. The predicted octanol–water partition coefficient (Wildman–Crippen LogP) is 5.40. The van der Waals surface area contributed by atoms with E-state index in [9.17, 15) is 5.11 Å². The predicted molar refractivity (Wildman–Crippen MR) is 88.0 cm³/mol. The van der Waals surface area contributed by atoms with E-state index in [-0.39, 0.29) is 17.6 Å². The molecule has 0 aromatic heterocycles. The van der Waals surface area contributed by atoms with Gasteiger partial charge in [0.2, 0.25) is 0 Å². The minimum absolute atomic E-state index is 0. The molecule has 0 fully saturated rings. The first-order valence-electron chi connectivity index (χ1n) is 5.60. The second-order valence-corrected chi connectivity index (χ2v) is 5.09. The Balaban J connectivity index is 0.000000791. The Morgan fingerprint density at radius 2 is 1.45 bits per heavy atom. The van der Waals surface area contributed by atoms with Gasteiger partial charge in [-0.3, -0.25) is 4.79 Å². The van der Waals surface area contributed by atoms with Crippen LogP contribution < -0.4 is 10.9 Å². The highest BCUT2D eigenvalue weighted by Gasteiger charge is 2.08. The largest absolute Gasteiger partial charge is 0.504 e. The summed E-state index contributed by atoms with van der Waals surface area (Å²) in [6.45, 7) is 1.08. The van der Waals surface area contributed by atoms with Crippen molar-refractivity contribution in [1.82, 2.24) is 6.15 Å². The van der Waals surface area contributed by atoms with Gasteiger partial charge in [0.15, 0.2) is 11.5 Å². The third kappa shape index (κ3) is 6.87. The monoisotopic (exact) mass is 365 g/mol. The van der Waals surface area contributed by atoms with Crippen LogP contribution in [-0.4, -0.2) is 16.2 Å². The number of benzene rings is 2. The van der Waals surface area contributed by atoms with Crippen molar-refractivity contribution >= 4 is 40.8 Å². The van der Waals surface area contributed by atoms with Crippen LogP contribution in [0.3, 0.4) is 0 Å². The Morgan fingerprint density at radius 1 is 1.00 bits per heavy atom. The molecular weight excluding hydrogens is 353 g/mol. The lowest BCUT2D eigenvalue weighted by Gasteiger charge is -2.09. The number of hydrogen-bond donors (Lipinski definition) is 3. The molecule has 8 heteroatoms. The van der Waals surface area contributed by atoms with Gasteiger partial charge in [-0.15, -0.1) is 0 Å². The molecular formula is C14H14Cl3NO4. The second-order valence-electron chi connectivity index (χ2n) is 3.81. The van der Waals surface area contributed by atoms with Crippen LogP contribution in [0.25, 0.3) is 0 Å². The molecule has 0 aliphatic heterocycles. The molecule has 0 spiro atoms. The fraction of sp³-hybridized carbons (Fsp3) is 0.0714. The molecule has 0 unspecified atom stereocenters. The van der Waals surface area contributed by atoms with E-state index in [0.717, 1.165) is 6.92 Å². The lowest BCUT2D eigenvalue weighted by Crippen LogP contribution is -1.86. The number of rotatable bonds is 2. The normalized spacial score (nSPS) is 9.09. The number of phenolic OH excluding ortho intramolecular Hbond substituents is 1. The van der Waals surface area contributed by atoms with Gasteiger partial charge in [-0.2, -0.15) is 0 Å². The van der Waals surface area contributed by atoms with Crippen molar-refractivity contribution in [3.05, 3.63) is 51.5 Å². The number of ether oxygens (including phenoxy) is 1. The Kier molecular flexibility index (Phi) is 8.67. The van der Waals surface area contributed by atoms with E-state index >= 15 is 0 Å². The number of aromatic hydroxyl groups is 1. The van der Waals surface area contributed by atoms with Crippen molar-refractivity contribution in [2.75, 3.05) is 0 Å². The standard InChI is InChI=1S/C12H7Cl3O2.C2H4O2.H3N/c13-7-1-3-11(9(15)5-7)17-12-4-2-8(14)6-10(12)16;1-2(3)4;/h1-6,16H;1H3,(H,3,4);1H3. The van der Waals surface area contributed by atoms with E-state index in [1.165, 1.54) is 6.07 Å². The molecule has 2 rings (SSSR count). The lowest BCUT2D eigenvalue weighted by atomic mass is 10.3. The van der Waals surface area contributed by atoms with Gasteiger partial charge in [0.05, 0.1) is 5.02 Å². The summed E-state index contributed by atoms with van der Waals surface area (Å²) in [5.41, 5.74) is 0. The number of halogens is 3. The van der Waals surface area contributed by atoms with Crippen LogP contribution in [0, 0.1) is 0 Å². The number of carboxylic acids is 1. The second kappa shape index (κ2) is 9.38. The number of phenols is 1. The third-order valence-corrected chi connectivity index (χ3v) is 2.80. The van der Waals surface area contributed by atoms with Crippen molar-refractivity contribution < 1.29 is 19.7 Å². The summed E-state index contributed by atoms with van der Waals surface area (Å²) in [6, 6.07) is 9.39. The van der Waals surface area contributed by atoms with Gasteiger partial charge in [-0.05, 0) is 30.3 Å². The first-order valence-corrected chi connectivity index (χ1v) is 6.74. The smallest absolute Gasteiger partial charge is 0.300 e. The van der Waals surface area contributed by atoms with Crippen molar-refractivity contribution in [3.8, 4) is 17.2 Å². The molecule has 0 heterocycles. The highest BCUT2D eigenvalue weighted by atomic mass is 35.5. The molecule has 0 bridgehead atoms. The average Bonchev–Trinajstić information content (AvgIpc) is 2.35. The van der Waals surface area contributed by atoms with Gasteiger partial charge >= 0.3 is 0 Å². The zero-order chi connectivity index (χ0) is 16.0. The van der Waals surface area contributed by atoms with E-state index in [0.29, 0.717) is 20.8 Å². The summed E-state index contributed by atoms with van der Waals surface area (Å²) in [5, 5.41) is 18.3. The van der Waals surface area contributed by atoms with Crippen LogP contribution in [0.2, 0.25) is 15.1 Å². The topological polar surface area (TPSA) is 102 Å². The summed E-state index contributed by atoms with van der Waals surface area (Å²) >= 11 is 17.4. The van der Waals surface area contributed by atoms with Crippen LogP contribution in [0.1, 0.15) is 6.92 Å². The number of carbonyl (C=O) groups is 1. The number of carboxylic acid groups (broad SMARTS) is 1. The zero-order valence-corrected chi connectivity index (χ0v) is 13.8. The van der Waals surface area contributed by atoms with Gasteiger partial charge in [0.1, 0.15) is 5.75 Å². The van der Waals surface area contributed by atoms with Crippen LogP contribution in [0.4, 0.5) is 0 Å². The van der Waals surface area contributed by atoms with Crippen molar-refractivity contribution in [2.24, 2.45) is 0 Å². The fourth-order valence-electron chi connectivity index (χ4n) is 1.25. The minimum atomic E-state index is -0.833. The summed E-state index contributed by atoms with van der Waals surface area (Å²) in [5.74, 6) is -0.198. The molecule has 0 saturated heterocycles. The SMILES string of the molecule is CC(=O)O.N.Oc1cc(Cl)ccc1Oc1ccc(Cl)cc1Cl. The van der Waals surface area contributed by atoms with E-state index < -0.39 is 5.97 Å². The zero-order valence-electron chi connectivity index (χ0n) is 11.5. The first kappa shape index (κ1) is 20.3. The number of hydrogen-bond acceptors (Lipinski definition) is 4. The third-order valence-electron chi connectivity index (χ3n) is 2.03. The Bertz CT molecular complexity index is 596. The number of aliphatic carboxylic acids is 1. The molecule has 22 heavy (non-hydrogen) atoms. The maximum absolute atomic E-state index is 9.62. The Morgan fingerprint density at radius 3 is 1.91 bits per heavy atom. The van der Waals surface area contributed by atoms with Crippen LogP contribution in [0.5, 0.6) is 17.2 Å². The van der Waals surface area contributed by atoms with E-state index in [1.807, 2.05) is 0 Å². The Hall–Kier alpha value is -1.66. The molecule has 5 nitrogen and oxygen atoms in total. The van der Waals surface area contributed by atoms with E-state index in [1.54, 1.807) is 30.3 Å². The molecule has 0 aliphatic rings. The summed E-state index contributed by atoms with van der Waals surface area (Å²) < 4.78 is 5.45. The average molecular weight is 367 g/mol. The molecule has 2 aromatic carbocycles. The van der Waals surface area contributed by atoms with Gasteiger partial charge in [0, 0.05) is 23.0 Å². The molecule has 120 valence electrons. The maximum atomic E-state index is 9.62. The van der Waals surface area contributed by atoms with E-state index in [4.69, 9.17) is 49.4 Å². The van der Waals surface area contributed by atoms with Crippen molar-refractivity contribution in [1.29, 1.82) is 0 Å². The summed E-state index contributed by atoms with van der Waals surface area (Å²) in [4.78, 5) is 9.00. The van der Waals surface area contributed by atoms with Crippen LogP contribution in [0.15, 0.2) is 36.4 Å². The first-order chi connectivity index (χ1) is 9.79. The van der Waals surface area contributed by atoms with Gasteiger partial charge in [0.25, 0.3) is 5.97 Å². The quantitative estimate of drug-likeness (QED) is 0.660. The van der Waals surface area contributed by atoms with Crippen molar-refractivity contribution in [2.45, 2.75) is 6.92 Å². The molecule has 0 amide bonds. The molecule has 0 aliphatic carbocycles. The van der Waals surface area contributed by atoms with Crippen LogP contribution >= 0.6 is 34.8 Å². The van der Waals surface area contributed by atoms with Gasteiger partial charge in [-0.25, -0.2) is 0 Å². The van der Waals surface area contributed by atoms with E-state index in [2.05, 4.69) is 0 Å². The van der Waals surface area contributed by atoms with Crippen molar-refractivity contribution in [3.63, 3.8) is 0 Å². The molecule has 5 N–H and O–H groups in total. The minimum Gasteiger partial charge on any atom is -0.504 e. The highest BCUT2D eigenvalue weighted by molar-refractivity contribution is 6.35. The lowest BCUT2D eigenvalue weighted by molar-refractivity contribution is -0.134. The fourth-order valence-corrected chi connectivity index (χ4v) is 1.87. The highest BCUT2D eigenvalue weighted by Crippen LogP contribution is 2.36. The summed E-state index contributed by atoms with van der Waals surface area (Å²) in [6.07, 6.45) is 0. The maximum Gasteiger partial charge on any atom is 0.300 e. The molecule has 0 radical (unpaired) electrons. The molecule has 0 atom stereocenters. The van der Waals surface area contributed by atoms with Gasteiger partial charge in [-0.1, -0.05) is 34.8 Å². The summed E-state index contributed by atoms with van der Waals surface area (Å²) in [7, 11) is 0. The van der Waals surface area contributed by atoms with Crippen LogP contribution in [-0.2, 0) is 4.79 Å².